The van der Waals surface area contributed by atoms with Crippen molar-refractivity contribution < 1.29 is 19.1 Å². The quantitative estimate of drug-likeness (QED) is 0.775. The molecular formula is C23H25N3O4. The second-order valence-corrected chi connectivity index (χ2v) is 7.82. The Labute approximate surface area is 175 Å². The fourth-order valence-corrected chi connectivity index (χ4v) is 4.42. The Morgan fingerprint density at radius 1 is 0.933 bits per heavy atom. The van der Waals surface area contributed by atoms with Gasteiger partial charge in [-0.15, -0.1) is 0 Å². The van der Waals surface area contributed by atoms with Crippen molar-refractivity contribution in [3.8, 4) is 5.75 Å². The molecule has 1 atom stereocenters. The van der Waals surface area contributed by atoms with Gasteiger partial charge in [0.2, 0.25) is 5.91 Å². The van der Waals surface area contributed by atoms with Gasteiger partial charge in [0.25, 0.3) is 5.91 Å². The van der Waals surface area contributed by atoms with E-state index >= 15 is 0 Å². The molecule has 5 rings (SSSR count). The van der Waals surface area contributed by atoms with E-state index in [1.165, 1.54) is 5.56 Å². The molecule has 0 radical (unpaired) electrons. The molecule has 0 N–H and O–H groups in total. The second-order valence-electron chi connectivity index (χ2n) is 7.82. The third-order valence-corrected chi connectivity index (χ3v) is 5.97. The first-order valence-electron chi connectivity index (χ1n) is 10.5. The zero-order chi connectivity index (χ0) is 20.5. The number of anilines is 2. The Morgan fingerprint density at radius 2 is 1.67 bits per heavy atom. The lowest BCUT2D eigenvalue weighted by molar-refractivity contribution is -0.142. The zero-order valence-corrected chi connectivity index (χ0v) is 16.8. The van der Waals surface area contributed by atoms with Gasteiger partial charge in [-0.05, 0) is 30.2 Å². The largest absolute Gasteiger partial charge is 0.477 e. The highest BCUT2D eigenvalue weighted by atomic mass is 16.5. The van der Waals surface area contributed by atoms with Crippen LogP contribution >= 0.6 is 0 Å². The Bertz CT molecular complexity index is 957. The summed E-state index contributed by atoms with van der Waals surface area (Å²) in [5.74, 6) is 0.635. The van der Waals surface area contributed by atoms with Crippen LogP contribution in [0, 0.1) is 0 Å². The summed E-state index contributed by atoms with van der Waals surface area (Å²) in [6.45, 7) is 3.50. The first-order valence-corrected chi connectivity index (χ1v) is 10.5. The van der Waals surface area contributed by atoms with Crippen LogP contribution in [0.4, 0.5) is 11.4 Å². The molecule has 1 saturated heterocycles. The second kappa shape index (κ2) is 7.99. The molecule has 0 aromatic heterocycles. The van der Waals surface area contributed by atoms with Crippen LogP contribution in [-0.4, -0.2) is 68.8 Å². The number of hydrogen-bond acceptors (Lipinski definition) is 5. The van der Waals surface area contributed by atoms with E-state index in [-0.39, 0.29) is 18.4 Å². The van der Waals surface area contributed by atoms with Crippen LogP contribution < -0.4 is 14.5 Å². The molecule has 3 heterocycles. The number of carbonyl (C=O) groups excluding carboxylic acids is 2. The van der Waals surface area contributed by atoms with E-state index in [2.05, 4.69) is 6.07 Å². The van der Waals surface area contributed by atoms with E-state index in [1.54, 1.807) is 4.90 Å². The number of ether oxygens (including phenoxy) is 2. The molecule has 7 heteroatoms. The van der Waals surface area contributed by atoms with Gasteiger partial charge in [-0.25, -0.2) is 0 Å². The minimum absolute atomic E-state index is 0.0363. The average Bonchev–Trinajstić information content (AvgIpc) is 3.23. The maximum Gasteiger partial charge on any atom is 0.265 e. The van der Waals surface area contributed by atoms with E-state index in [0.29, 0.717) is 45.1 Å². The number of fused-ring (bicyclic) bond motifs is 2. The van der Waals surface area contributed by atoms with Crippen molar-refractivity contribution in [2.24, 2.45) is 0 Å². The van der Waals surface area contributed by atoms with Crippen LogP contribution in [-0.2, 0) is 20.7 Å². The molecule has 0 spiro atoms. The predicted molar refractivity (Wildman–Crippen MR) is 113 cm³/mol. The molecular weight excluding hydrogens is 382 g/mol. The highest BCUT2D eigenvalue weighted by molar-refractivity contribution is 5.98. The minimum Gasteiger partial charge on any atom is -0.477 e. The first kappa shape index (κ1) is 18.9. The Hall–Kier alpha value is -3.06. The van der Waals surface area contributed by atoms with Crippen molar-refractivity contribution in [2.45, 2.75) is 12.5 Å². The van der Waals surface area contributed by atoms with Crippen LogP contribution in [0.3, 0.4) is 0 Å². The maximum absolute atomic E-state index is 13.2. The molecule has 7 nitrogen and oxygen atoms in total. The Kier molecular flexibility index (Phi) is 5.04. The van der Waals surface area contributed by atoms with Crippen LogP contribution in [0.1, 0.15) is 5.56 Å². The van der Waals surface area contributed by atoms with Crippen molar-refractivity contribution in [3.05, 3.63) is 54.1 Å². The summed E-state index contributed by atoms with van der Waals surface area (Å²) in [4.78, 5) is 31.9. The molecule has 156 valence electrons. The summed E-state index contributed by atoms with van der Waals surface area (Å²) in [5.41, 5.74) is 3.04. The summed E-state index contributed by atoms with van der Waals surface area (Å²) in [6, 6.07) is 15.7. The lowest BCUT2D eigenvalue weighted by atomic mass is 10.1. The van der Waals surface area contributed by atoms with Gasteiger partial charge in [-0.3, -0.25) is 9.59 Å². The fourth-order valence-electron chi connectivity index (χ4n) is 4.42. The third kappa shape index (κ3) is 3.50. The van der Waals surface area contributed by atoms with Crippen LogP contribution in [0.25, 0.3) is 0 Å². The number of morpholine rings is 1. The number of rotatable bonds is 3. The van der Waals surface area contributed by atoms with E-state index in [4.69, 9.17) is 9.47 Å². The van der Waals surface area contributed by atoms with Crippen molar-refractivity contribution in [1.82, 2.24) is 4.90 Å². The highest BCUT2D eigenvalue weighted by Crippen LogP contribution is 2.34. The summed E-state index contributed by atoms with van der Waals surface area (Å²) in [7, 11) is 0. The topological polar surface area (TPSA) is 62.3 Å². The van der Waals surface area contributed by atoms with Gasteiger partial charge < -0.3 is 24.2 Å². The number of carbonyl (C=O) groups is 2. The molecule has 1 fully saturated rings. The third-order valence-electron chi connectivity index (χ3n) is 5.97. The van der Waals surface area contributed by atoms with Crippen LogP contribution in [0.5, 0.6) is 5.75 Å². The first-order chi connectivity index (χ1) is 14.7. The molecule has 30 heavy (non-hydrogen) atoms. The maximum atomic E-state index is 13.2. The molecule has 2 aromatic rings. The van der Waals surface area contributed by atoms with Gasteiger partial charge in [0.15, 0.2) is 6.10 Å². The molecule has 0 aliphatic carbocycles. The molecule has 0 saturated carbocycles. The van der Waals surface area contributed by atoms with Crippen molar-refractivity contribution in [1.29, 1.82) is 0 Å². The van der Waals surface area contributed by atoms with Gasteiger partial charge >= 0.3 is 0 Å². The van der Waals surface area contributed by atoms with Crippen molar-refractivity contribution >= 4 is 23.2 Å². The highest BCUT2D eigenvalue weighted by Gasteiger charge is 2.36. The van der Waals surface area contributed by atoms with Crippen LogP contribution in [0.2, 0.25) is 0 Å². The summed E-state index contributed by atoms with van der Waals surface area (Å²) < 4.78 is 11.4. The van der Waals surface area contributed by atoms with Crippen molar-refractivity contribution in [2.75, 3.05) is 55.7 Å². The van der Waals surface area contributed by atoms with Gasteiger partial charge in [-0.1, -0.05) is 30.3 Å². The fraction of sp³-hybridized carbons (Fsp3) is 0.391. The van der Waals surface area contributed by atoms with Gasteiger partial charge in [0.05, 0.1) is 32.0 Å². The normalized spacial score (nSPS) is 20.4. The summed E-state index contributed by atoms with van der Waals surface area (Å²) in [6.07, 6.45) is 0.247. The molecule has 0 unspecified atom stereocenters. The SMILES string of the molecule is O=C([C@H]1CN(CC(=O)N2CCc3ccccc32)c2ccccc2O1)N1CCOCC1. The lowest BCUT2D eigenvalue weighted by Gasteiger charge is -2.38. The number of para-hydroxylation sites is 3. The van der Waals surface area contributed by atoms with E-state index in [9.17, 15) is 9.59 Å². The Balaban J connectivity index is 1.35. The van der Waals surface area contributed by atoms with E-state index in [1.807, 2.05) is 52.3 Å². The standard InChI is InChI=1S/C23H25N3O4/c27-22(26-10-9-17-5-1-2-6-18(17)26)16-25-15-21(23(28)24-11-13-29-14-12-24)30-20-8-4-3-7-19(20)25/h1-8,21H,9-16H2/t21-/m1/s1. The summed E-state index contributed by atoms with van der Waals surface area (Å²) >= 11 is 0. The number of benzene rings is 2. The van der Waals surface area contributed by atoms with Crippen molar-refractivity contribution in [3.63, 3.8) is 0 Å². The molecule has 0 bridgehead atoms. The lowest BCUT2D eigenvalue weighted by Crippen LogP contribution is -2.54. The van der Waals surface area contributed by atoms with Gasteiger partial charge in [0.1, 0.15) is 5.75 Å². The molecule has 2 amide bonds. The zero-order valence-electron chi connectivity index (χ0n) is 16.8. The summed E-state index contributed by atoms with van der Waals surface area (Å²) in [5, 5.41) is 0. The number of amides is 2. The Morgan fingerprint density at radius 3 is 2.50 bits per heavy atom. The number of nitrogens with zero attached hydrogens (tertiary/aromatic N) is 3. The molecule has 3 aliphatic heterocycles. The average molecular weight is 407 g/mol. The van der Waals surface area contributed by atoms with Gasteiger partial charge in [0, 0.05) is 25.3 Å². The van der Waals surface area contributed by atoms with E-state index < -0.39 is 6.10 Å². The smallest absolute Gasteiger partial charge is 0.265 e. The molecule has 3 aliphatic rings. The van der Waals surface area contributed by atoms with Crippen LogP contribution in [0.15, 0.2) is 48.5 Å². The molecule has 2 aromatic carbocycles. The predicted octanol–water partition coefficient (Wildman–Crippen LogP) is 1.70. The monoisotopic (exact) mass is 407 g/mol. The van der Waals surface area contributed by atoms with E-state index in [0.717, 1.165) is 17.8 Å². The number of hydrogen-bond donors (Lipinski definition) is 0. The van der Waals surface area contributed by atoms with Gasteiger partial charge in [-0.2, -0.15) is 0 Å². The minimum atomic E-state index is -0.628.